The van der Waals surface area contributed by atoms with Crippen LogP contribution in [0.15, 0.2) is 34.6 Å². The van der Waals surface area contributed by atoms with E-state index in [4.69, 9.17) is 0 Å². The maximum atomic E-state index is 11.9. The van der Waals surface area contributed by atoms with E-state index in [1.807, 2.05) is 0 Å². The summed E-state index contributed by atoms with van der Waals surface area (Å²) in [6, 6.07) is 4.83. The molecule has 0 saturated heterocycles. The number of aromatic nitrogens is 1. The molecule has 7 heteroatoms. The van der Waals surface area contributed by atoms with Crippen LogP contribution in [-0.2, 0) is 13.1 Å². The summed E-state index contributed by atoms with van der Waals surface area (Å²) < 4.78 is 1.41. The number of rotatable bonds is 3. The van der Waals surface area contributed by atoms with Gasteiger partial charge in [-0.1, -0.05) is 0 Å². The second-order valence-corrected chi connectivity index (χ2v) is 6.13. The molecule has 1 atom stereocenters. The Morgan fingerprint density at radius 2 is 2.24 bits per heavy atom. The minimum absolute atomic E-state index is 0.0597. The molecular formula is C14H15N3O3S. The van der Waals surface area contributed by atoms with Crippen molar-refractivity contribution in [1.82, 2.24) is 9.47 Å². The minimum Gasteiger partial charge on any atom is -0.295 e. The van der Waals surface area contributed by atoms with Crippen molar-refractivity contribution in [2.24, 2.45) is 0 Å². The van der Waals surface area contributed by atoms with Crippen molar-refractivity contribution in [3.05, 3.63) is 60.7 Å². The molecule has 0 spiro atoms. The van der Waals surface area contributed by atoms with E-state index in [2.05, 4.69) is 23.3 Å². The Morgan fingerprint density at radius 3 is 3.00 bits per heavy atom. The SMILES string of the molecule is C[C@@H]1c2ccsc2CCN1Cn1cc([N+](=O)[O-])ccc1=O. The Hall–Kier alpha value is -1.99. The molecule has 3 heterocycles. The third-order valence-corrected chi connectivity index (χ3v) is 4.91. The average Bonchev–Trinajstić information content (AvgIpc) is 2.93. The van der Waals surface area contributed by atoms with Gasteiger partial charge in [-0.25, -0.2) is 0 Å². The van der Waals surface area contributed by atoms with Crippen LogP contribution in [0.4, 0.5) is 5.69 Å². The predicted octanol–water partition coefficient (Wildman–Crippen LogP) is 2.39. The lowest BCUT2D eigenvalue weighted by Crippen LogP contribution is -2.37. The van der Waals surface area contributed by atoms with E-state index in [0.717, 1.165) is 13.0 Å². The topological polar surface area (TPSA) is 68.4 Å². The van der Waals surface area contributed by atoms with Crippen molar-refractivity contribution in [1.29, 1.82) is 0 Å². The third kappa shape index (κ3) is 2.62. The molecule has 21 heavy (non-hydrogen) atoms. The summed E-state index contributed by atoms with van der Waals surface area (Å²) in [5, 5.41) is 12.9. The molecule has 0 fully saturated rings. The van der Waals surface area contributed by atoms with Gasteiger partial charge in [0.15, 0.2) is 0 Å². The van der Waals surface area contributed by atoms with Gasteiger partial charge in [0.1, 0.15) is 0 Å². The zero-order chi connectivity index (χ0) is 15.0. The number of hydrogen-bond donors (Lipinski definition) is 0. The lowest BCUT2D eigenvalue weighted by Gasteiger charge is -2.33. The highest BCUT2D eigenvalue weighted by molar-refractivity contribution is 7.10. The molecule has 1 aliphatic rings. The molecule has 2 aromatic heterocycles. The van der Waals surface area contributed by atoms with Crippen molar-refractivity contribution < 1.29 is 4.92 Å². The van der Waals surface area contributed by atoms with E-state index < -0.39 is 4.92 Å². The fourth-order valence-electron chi connectivity index (χ4n) is 2.69. The van der Waals surface area contributed by atoms with Gasteiger partial charge in [-0.05, 0) is 30.4 Å². The zero-order valence-electron chi connectivity index (χ0n) is 11.6. The Bertz CT molecular complexity index is 737. The summed E-state index contributed by atoms with van der Waals surface area (Å²) >= 11 is 1.76. The molecule has 110 valence electrons. The van der Waals surface area contributed by atoms with Gasteiger partial charge in [-0.2, -0.15) is 0 Å². The van der Waals surface area contributed by atoms with Crippen LogP contribution in [0, 0.1) is 10.1 Å². The van der Waals surface area contributed by atoms with Crippen molar-refractivity contribution in [2.45, 2.75) is 26.1 Å². The molecule has 2 aromatic rings. The molecule has 0 bridgehead atoms. The second-order valence-electron chi connectivity index (χ2n) is 5.13. The van der Waals surface area contributed by atoms with Crippen molar-refractivity contribution in [2.75, 3.05) is 6.54 Å². The first-order valence-electron chi connectivity index (χ1n) is 6.71. The second kappa shape index (κ2) is 5.42. The van der Waals surface area contributed by atoms with Crippen LogP contribution in [0.3, 0.4) is 0 Å². The highest BCUT2D eigenvalue weighted by Gasteiger charge is 2.25. The number of nitro groups is 1. The summed E-state index contributed by atoms with van der Waals surface area (Å²) in [4.78, 5) is 25.8. The normalized spacial score (nSPS) is 18.4. The van der Waals surface area contributed by atoms with Gasteiger partial charge < -0.3 is 0 Å². The van der Waals surface area contributed by atoms with Crippen molar-refractivity contribution in [3.63, 3.8) is 0 Å². The smallest absolute Gasteiger partial charge is 0.285 e. The monoisotopic (exact) mass is 305 g/mol. The molecule has 0 saturated carbocycles. The summed E-state index contributed by atoms with van der Waals surface area (Å²) in [6.45, 7) is 3.33. The Morgan fingerprint density at radius 1 is 1.43 bits per heavy atom. The van der Waals surface area contributed by atoms with Gasteiger partial charge in [0.2, 0.25) is 0 Å². The summed E-state index contributed by atoms with van der Waals surface area (Å²) in [5.41, 5.74) is 1.02. The Labute approximate surface area is 125 Å². The quantitative estimate of drug-likeness (QED) is 0.645. The number of pyridine rings is 1. The van der Waals surface area contributed by atoms with Crippen LogP contribution in [0.2, 0.25) is 0 Å². The zero-order valence-corrected chi connectivity index (χ0v) is 12.4. The summed E-state index contributed by atoms with van der Waals surface area (Å²) in [7, 11) is 0. The summed E-state index contributed by atoms with van der Waals surface area (Å²) in [5.74, 6) is 0. The fourth-order valence-corrected chi connectivity index (χ4v) is 3.65. The summed E-state index contributed by atoms with van der Waals surface area (Å²) in [6.07, 6.45) is 2.28. The molecule has 6 nitrogen and oxygen atoms in total. The van der Waals surface area contributed by atoms with Gasteiger partial charge in [0.05, 0.1) is 17.8 Å². The number of hydrogen-bond acceptors (Lipinski definition) is 5. The van der Waals surface area contributed by atoms with Crippen LogP contribution in [0.25, 0.3) is 0 Å². The molecule has 0 amide bonds. The van der Waals surface area contributed by atoms with E-state index >= 15 is 0 Å². The molecule has 3 rings (SSSR count). The molecule has 0 aliphatic carbocycles. The van der Waals surface area contributed by atoms with Crippen LogP contribution in [0.5, 0.6) is 0 Å². The van der Waals surface area contributed by atoms with Gasteiger partial charge >= 0.3 is 0 Å². The van der Waals surface area contributed by atoms with E-state index in [1.54, 1.807) is 11.3 Å². The molecule has 0 aromatic carbocycles. The first-order chi connectivity index (χ1) is 10.1. The molecule has 0 N–H and O–H groups in total. The van der Waals surface area contributed by atoms with E-state index in [-0.39, 0.29) is 17.3 Å². The number of fused-ring (bicyclic) bond motifs is 1. The number of thiophene rings is 1. The minimum atomic E-state index is -0.480. The van der Waals surface area contributed by atoms with Crippen LogP contribution < -0.4 is 5.56 Å². The van der Waals surface area contributed by atoms with Gasteiger partial charge in [-0.15, -0.1) is 11.3 Å². The van der Waals surface area contributed by atoms with Crippen molar-refractivity contribution >= 4 is 17.0 Å². The highest BCUT2D eigenvalue weighted by Crippen LogP contribution is 2.32. The maximum Gasteiger partial charge on any atom is 0.285 e. The molecule has 0 unspecified atom stereocenters. The average molecular weight is 305 g/mol. The van der Waals surface area contributed by atoms with Gasteiger partial charge in [0, 0.05) is 29.6 Å². The largest absolute Gasteiger partial charge is 0.295 e. The molecule has 1 aliphatic heterocycles. The van der Waals surface area contributed by atoms with E-state index in [0.29, 0.717) is 6.67 Å². The third-order valence-electron chi connectivity index (χ3n) is 3.92. The van der Waals surface area contributed by atoms with Gasteiger partial charge in [0.25, 0.3) is 11.2 Å². The van der Waals surface area contributed by atoms with E-state index in [9.17, 15) is 14.9 Å². The fraction of sp³-hybridized carbons (Fsp3) is 0.357. The lowest BCUT2D eigenvalue weighted by molar-refractivity contribution is -0.385. The van der Waals surface area contributed by atoms with Crippen LogP contribution in [0.1, 0.15) is 23.4 Å². The predicted molar refractivity (Wildman–Crippen MR) is 80.5 cm³/mol. The lowest BCUT2D eigenvalue weighted by atomic mass is 10.0. The van der Waals surface area contributed by atoms with Crippen LogP contribution >= 0.6 is 11.3 Å². The molecular weight excluding hydrogens is 290 g/mol. The number of nitrogens with zero attached hydrogens (tertiary/aromatic N) is 3. The molecule has 0 radical (unpaired) electrons. The maximum absolute atomic E-state index is 11.9. The Balaban J connectivity index is 1.86. The van der Waals surface area contributed by atoms with Gasteiger partial charge in [-0.3, -0.25) is 24.4 Å². The van der Waals surface area contributed by atoms with Crippen LogP contribution in [-0.4, -0.2) is 20.9 Å². The first kappa shape index (κ1) is 14.0. The first-order valence-corrected chi connectivity index (χ1v) is 7.59. The van der Waals surface area contributed by atoms with Crippen molar-refractivity contribution in [3.8, 4) is 0 Å². The standard InChI is InChI=1S/C14H15N3O3S/c1-10-12-5-7-21-13(12)4-6-15(10)9-16-8-11(17(19)20)2-3-14(16)18/h2-3,5,7-8,10H,4,6,9H2,1H3/t10-/m1/s1. The Kier molecular flexibility index (Phi) is 3.60. The van der Waals surface area contributed by atoms with E-state index in [1.165, 1.54) is 33.3 Å². The highest BCUT2D eigenvalue weighted by atomic mass is 32.1.